The number of hydrogen-bond donors (Lipinski definition) is 0. The summed E-state index contributed by atoms with van der Waals surface area (Å²) in [6.07, 6.45) is 2.90. The number of methoxy groups -OCH3 is 1. The maximum atomic E-state index is 13.8. The molecule has 0 bridgehead atoms. The molecule has 4 nitrogen and oxygen atoms in total. The van der Waals surface area contributed by atoms with Gasteiger partial charge in [-0.15, -0.1) is 0 Å². The number of hydrogen-bond acceptors (Lipinski definition) is 4. The Kier molecular flexibility index (Phi) is 3.32. The number of aromatic nitrogens is 2. The Morgan fingerprint density at radius 3 is 2.67 bits per heavy atom. The monoisotopic (exact) mass is 246 g/mol. The van der Waals surface area contributed by atoms with E-state index in [0.717, 1.165) is 0 Å². The lowest BCUT2D eigenvalue weighted by Gasteiger charge is -2.07. The predicted octanol–water partition coefficient (Wildman–Crippen LogP) is 2.49. The van der Waals surface area contributed by atoms with Gasteiger partial charge < -0.3 is 4.74 Å². The van der Waals surface area contributed by atoms with Gasteiger partial charge in [-0.25, -0.2) is 14.4 Å². The Hall–Kier alpha value is -2.30. The lowest BCUT2D eigenvalue weighted by molar-refractivity contribution is 0.101. The minimum absolute atomic E-state index is 0.140. The molecule has 1 heterocycles. The molecular weight excluding hydrogens is 235 g/mol. The van der Waals surface area contributed by atoms with Crippen LogP contribution >= 0.6 is 0 Å². The van der Waals surface area contributed by atoms with Crippen molar-refractivity contribution in [2.24, 2.45) is 0 Å². The van der Waals surface area contributed by atoms with Gasteiger partial charge in [0.2, 0.25) is 5.88 Å². The van der Waals surface area contributed by atoms with Crippen molar-refractivity contribution in [2.75, 3.05) is 7.11 Å². The first-order valence-corrected chi connectivity index (χ1v) is 5.29. The smallest absolute Gasteiger partial charge is 0.240 e. The fourth-order valence-corrected chi connectivity index (χ4v) is 1.59. The summed E-state index contributed by atoms with van der Waals surface area (Å²) >= 11 is 0. The van der Waals surface area contributed by atoms with Crippen LogP contribution in [0.4, 0.5) is 4.39 Å². The molecule has 0 spiro atoms. The molecule has 2 rings (SSSR count). The SMILES string of the molecule is COc1nccnc1-c1cc(C(C)=O)ccc1F. The summed E-state index contributed by atoms with van der Waals surface area (Å²) in [5, 5.41) is 0. The molecule has 0 amide bonds. The lowest BCUT2D eigenvalue weighted by Crippen LogP contribution is -1.98. The van der Waals surface area contributed by atoms with Crippen molar-refractivity contribution in [2.45, 2.75) is 6.92 Å². The van der Waals surface area contributed by atoms with Crippen LogP contribution in [0.5, 0.6) is 5.88 Å². The first-order chi connectivity index (χ1) is 8.63. The van der Waals surface area contributed by atoms with Crippen LogP contribution < -0.4 is 4.74 Å². The molecular formula is C13H11FN2O2. The van der Waals surface area contributed by atoms with Crippen molar-refractivity contribution in [3.8, 4) is 17.1 Å². The summed E-state index contributed by atoms with van der Waals surface area (Å²) in [7, 11) is 1.43. The van der Waals surface area contributed by atoms with Gasteiger partial charge in [0, 0.05) is 23.5 Å². The summed E-state index contributed by atoms with van der Waals surface area (Å²) in [4.78, 5) is 19.3. The molecule has 2 aromatic rings. The van der Waals surface area contributed by atoms with Gasteiger partial charge in [-0.2, -0.15) is 0 Å². The minimum atomic E-state index is -0.473. The molecule has 0 atom stereocenters. The molecule has 0 radical (unpaired) electrons. The Labute approximate surface area is 103 Å². The standard InChI is InChI=1S/C13H11FN2O2/c1-8(17)9-3-4-11(14)10(7-9)12-13(18-2)16-6-5-15-12/h3-7H,1-2H3. The Balaban J connectivity index is 2.62. The summed E-state index contributed by atoms with van der Waals surface area (Å²) in [6, 6.07) is 4.12. The largest absolute Gasteiger partial charge is 0.479 e. The number of carbonyl (C=O) groups excluding carboxylic acids is 1. The molecule has 0 unspecified atom stereocenters. The van der Waals surface area contributed by atoms with E-state index in [-0.39, 0.29) is 22.9 Å². The second-order valence-electron chi connectivity index (χ2n) is 3.67. The van der Waals surface area contributed by atoms with Crippen molar-refractivity contribution in [1.82, 2.24) is 9.97 Å². The number of benzene rings is 1. The molecule has 18 heavy (non-hydrogen) atoms. The third kappa shape index (κ3) is 2.20. The zero-order valence-corrected chi connectivity index (χ0v) is 9.98. The molecule has 0 fully saturated rings. The van der Waals surface area contributed by atoms with Gasteiger partial charge in [0.05, 0.1) is 7.11 Å². The van der Waals surface area contributed by atoms with Crippen LogP contribution in [-0.2, 0) is 0 Å². The van der Waals surface area contributed by atoms with Gasteiger partial charge >= 0.3 is 0 Å². The van der Waals surface area contributed by atoms with Crippen molar-refractivity contribution in [3.63, 3.8) is 0 Å². The number of Topliss-reactive ketones (excluding diaryl/α,β-unsaturated/α-hetero) is 1. The van der Waals surface area contributed by atoms with E-state index >= 15 is 0 Å². The van der Waals surface area contributed by atoms with Crippen LogP contribution in [0.25, 0.3) is 11.3 Å². The first-order valence-electron chi connectivity index (χ1n) is 5.29. The van der Waals surface area contributed by atoms with E-state index in [4.69, 9.17) is 4.74 Å². The van der Waals surface area contributed by atoms with E-state index < -0.39 is 5.82 Å². The van der Waals surface area contributed by atoms with Crippen LogP contribution in [-0.4, -0.2) is 22.9 Å². The van der Waals surface area contributed by atoms with E-state index in [1.807, 2.05) is 0 Å². The van der Waals surface area contributed by atoms with Crippen LogP contribution in [0, 0.1) is 5.82 Å². The Morgan fingerprint density at radius 2 is 2.00 bits per heavy atom. The van der Waals surface area contributed by atoms with Crippen molar-refractivity contribution in [3.05, 3.63) is 42.0 Å². The highest BCUT2D eigenvalue weighted by Gasteiger charge is 2.14. The lowest BCUT2D eigenvalue weighted by atomic mass is 10.1. The quantitative estimate of drug-likeness (QED) is 0.781. The highest BCUT2D eigenvalue weighted by Crippen LogP contribution is 2.28. The topological polar surface area (TPSA) is 52.1 Å². The number of halogens is 1. The number of ether oxygens (including phenoxy) is 1. The molecule has 0 aliphatic heterocycles. The maximum Gasteiger partial charge on any atom is 0.240 e. The normalized spacial score (nSPS) is 10.2. The molecule has 0 aliphatic rings. The predicted molar refractivity (Wildman–Crippen MR) is 64.0 cm³/mol. The van der Waals surface area contributed by atoms with Crippen LogP contribution in [0.1, 0.15) is 17.3 Å². The zero-order chi connectivity index (χ0) is 13.1. The van der Waals surface area contributed by atoms with Gasteiger partial charge in [-0.1, -0.05) is 0 Å². The fraction of sp³-hybridized carbons (Fsp3) is 0.154. The molecule has 5 heteroatoms. The van der Waals surface area contributed by atoms with Gasteiger partial charge in [0.25, 0.3) is 0 Å². The van der Waals surface area contributed by atoms with Crippen LogP contribution in [0.3, 0.4) is 0 Å². The third-order valence-electron chi connectivity index (χ3n) is 2.49. The van der Waals surface area contributed by atoms with Gasteiger partial charge in [0.1, 0.15) is 11.5 Å². The highest BCUT2D eigenvalue weighted by atomic mass is 19.1. The summed E-state index contributed by atoms with van der Waals surface area (Å²) in [5.74, 6) is -0.394. The number of nitrogens with zero attached hydrogens (tertiary/aromatic N) is 2. The summed E-state index contributed by atoms with van der Waals surface area (Å²) in [5.41, 5.74) is 0.896. The summed E-state index contributed by atoms with van der Waals surface area (Å²) < 4.78 is 18.8. The van der Waals surface area contributed by atoms with E-state index in [1.165, 1.54) is 44.6 Å². The molecule has 1 aromatic heterocycles. The van der Waals surface area contributed by atoms with E-state index in [2.05, 4.69) is 9.97 Å². The van der Waals surface area contributed by atoms with Gasteiger partial charge in [-0.3, -0.25) is 4.79 Å². The molecule has 0 N–H and O–H groups in total. The number of rotatable bonds is 3. The number of ketones is 1. The second kappa shape index (κ2) is 4.91. The molecule has 0 saturated carbocycles. The van der Waals surface area contributed by atoms with E-state index in [9.17, 15) is 9.18 Å². The van der Waals surface area contributed by atoms with E-state index in [0.29, 0.717) is 5.56 Å². The average molecular weight is 246 g/mol. The van der Waals surface area contributed by atoms with Crippen molar-refractivity contribution < 1.29 is 13.9 Å². The van der Waals surface area contributed by atoms with Gasteiger partial charge in [0.15, 0.2) is 5.78 Å². The van der Waals surface area contributed by atoms with Crippen molar-refractivity contribution >= 4 is 5.78 Å². The minimum Gasteiger partial charge on any atom is -0.479 e. The fourth-order valence-electron chi connectivity index (χ4n) is 1.59. The maximum absolute atomic E-state index is 13.8. The molecule has 92 valence electrons. The van der Waals surface area contributed by atoms with E-state index in [1.54, 1.807) is 0 Å². The Morgan fingerprint density at radius 1 is 1.28 bits per heavy atom. The van der Waals surface area contributed by atoms with Crippen LogP contribution in [0.15, 0.2) is 30.6 Å². The molecule has 0 saturated heterocycles. The first kappa shape index (κ1) is 12.2. The van der Waals surface area contributed by atoms with Crippen LogP contribution in [0.2, 0.25) is 0 Å². The van der Waals surface area contributed by atoms with Crippen molar-refractivity contribution in [1.29, 1.82) is 0 Å². The average Bonchev–Trinajstić information content (AvgIpc) is 2.39. The highest BCUT2D eigenvalue weighted by molar-refractivity contribution is 5.95. The number of carbonyl (C=O) groups is 1. The summed E-state index contributed by atoms with van der Waals surface area (Å²) in [6.45, 7) is 1.42. The molecule has 0 aliphatic carbocycles. The second-order valence-corrected chi connectivity index (χ2v) is 3.67. The third-order valence-corrected chi connectivity index (χ3v) is 2.49. The zero-order valence-electron chi connectivity index (χ0n) is 9.98. The molecule has 1 aromatic carbocycles. The Bertz CT molecular complexity index is 599. The van der Waals surface area contributed by atoms with Gasteiger partial charge in [-0.05, 0) is 25.1 Å².